The highest BCUT2D eigenvalue weighted by molar-refractivity contribution is 6.30. The molecule has 2 aromatic carbocycles. The minimum Gasteiger partial charge on any atom is -0.472 e. The van der Waals surface area contributed by atoms with E-state index < -0.39 is 5.82 Å². The highest BCUT2D eigenvalue weighted by Gasteiger charge is 2.27. The number of aromatic nitrogens is 4. The zero-order valence-electron chi connectivity index (χ0n) is 21.5. The summed E-state index contributed by atoms with van der Waals surface area (Å²) in [6, 6.07) is 15.4. The van der Waals surface area contributed by atoms with Gasteiger partial charge in [-0.05, 0) is 73.9 Å². The van der Waals surface area contributed by atoms with Gasteiger partial charge in [0.15, 0.2) is 0 Å². The van der Waals surface area contributed by atoms with Crippen molar-refractivity contribution in [3.8, 4) is 11.9 Å². The SMILES string of the molecule is N#Cc1ccc2c(c1)nc(CC1CCC(Oc3nc(Cc4ccc(Cl)cc4)ncc3F)CC1)n2C[C@@H]1CCO1. The monoisotopic (exact) mass is 545 g/mol. The summed E-state index contributed by atoms with van der Waals surface area (Å²) in [4.78, 5) is 13.4. The van der Waals surface area contributed by atoms with Crippen LogP contribution in [0.3, 0.4) is 0 Å². The smallest absolute Gasteiger partial charge is 0.254 e. The summed E-state index contributed by atoms with van der Waals surface area (Å²) < 4.78 is 28.5. The number of imidazole rings is 1. The van der Waals surface area contributed by atoms with E-state index in [-0.39, 0.29) is 18.1 Å². The number of rotatable bonds is 8. The van der Waals surface area contributed by atoms with Crippen LogP contribution in [0.25, 0.3) is 11.0 Å². The zero-order valence-corrected chi connectivity index (χ0v) is 22.3. The molecule has 0 amide bonds. The summed E-state index contributed by atoms with van der Waals surface area (Å²) in [7, 11) is 0. The Kier molecular flexibility index (Phi) is 7.45. The minimum atomic E-state index is -0.541. The first kappa shape index (κ1) is 25.7. The van der Waals surface area contributed by atoms with Crippen molar-refractivity contribution in [2.24, 2.45) is 5.92 Å². The van der Waals surface area contributed by atoms with Gasteiger partial charge in [-0.2, -0.15) is 14.6 Å². The van der Waals surface area contributed by atoms with Crippen LogP contribution in [0.15, 0.2) is 48.7 Å². The van der Waals surface area contributed by atoms with E-state index in [9.17, 15) is 9.65 Å². The van der Waals surface area contributed by atoms with E-state index in [4.69, 9.17) is 26.1 Å². The van der Waals surface area contributed by atoms with Crippen LogP contribution >= 0.6 is 11.6 Å². The van der Waals surface area contributed by atoms with Gasteiger partial charge in [-0.1, -0.05) is 23.7 Å². The fraction of sp³-hybridized carbons (Fsp3) is 0.400. The second-order valence-electron chi connectivity index (χ2n) is 10.4. The number of hydrogen-bond acceptors (Lipinski definition) is 6. The Morgan fingerprint density at radius 3 is 2.59 bits per heavy atom. The molecule has 0 radical (unpaired) electrons. The molecule has 39 heavy (non-hydrogen) atoms. The van der Waals surface area contributed by atoms with Gasteiger partial charge in [0.2, 0.25) is 5.82 Å². The van der Waals surface area contributed by atoms with Crippen molar-refractivity contribution >= 4 is 22.6 Å². The number of benzene rings is 2. The molecule has 0 N–H and O–H groups in total. The second-order valence-corrected chi connectivity index (χ2v) is 10.9. The molecule has 4 aromatic rings. The predicted octanol–water partition coefficient (Wildman–Crippen LogP) is 6.05. The number of ether oxygens (including phenoxy) is 2. The van der Waals surface area contributed by atoms with Gasteiger partial charge in [0.05, 0.1) is 41.5 Å². The predicted molar refractivity (Wildman–Crippen MR) is 145 cm³/mol. The molecule has 0 unspecified atom stereocenters. The Morgan fingerprint density at radius 2 is 1.87 bits per heavy atom. The van der Waals surface area contributed by atoms with E-state index in [1.54, 1.807) is 0 Å². The first-order valence-corrected chi connectivity index (χ1v) is 13.8. The largest absolute Gasteiger partial charge is 0.472 e. The first-order chi connectivity index (χ1) is 19.0. The molecule has 2 fully saturated rings. The van der Waals surface area contributed by atoms with E-state index >= 15 is 0 Å². The van der Waals surface area contributed by atoms with Crippen LogP contribution < -0.4 is 4.74 Å². The fourth-order valence-electron chi connectivity index (χ4n) is 5.45. The number of nitrogens with zero attached hydrogens (tertiary/aromatic N) is 5. The van der Waals surface area contributed by atoms with Crippen LogP contribution in [0.4, 0.5) is 4.39 Å². The van der Waals surface area contributed by atoms with Gasteiger partial charge in [0, 0.05) is 24.5 Å². The van der Waals surface area contributed by atoms with Gasteiger partial charge < -0.3 is 14.0 Å². The summed E-state index contributed by atoms with van der Waals surface area (Å²) >= 11 is 5.97. The van der Waals surface area contributed by atoms with Crippen molar-refractivity contribution in [1.29, 1.82) is 5.26 Å². The number of hydrogen-bond donors (Lipinski definition) is 0. The van der Waals surface area contributed by atoms with Crippen molar-refractivity contribution in [2.75, 3.05) is 6.61 Å². The molecular weight excluding hydrogens is 517 g/mol. The summed E-state index contributed by atoms with van der Waals surface area (Å²) in [5.74, 6) is 1.48. The van der Waals surface area contributed by atoms with E-state index in [2.05, 4.69) is 20.6 Å². The lowest BCUT2D eigenvalue weighted by Crippen LogP contribution is -2.32. The third kappa shape index (κ3) is 5.90. The van der Waals surface area contributed by atoms with Crippen LogP contribution in [0.2, 0.25) is 5.02 Å². The number of fused-ring (bicyclic) bond motifs is 1. The number of nitriles is 1. The molecule has 1 saturated carbocycles. The molecule has 9 heteroatoms. The molecule has 7 nitrogen and oxygen atoms in total. The van der Waals surface area contributed by atoms with Gasteiger partial charge in [0.1, 0.15) is 17.8 Å². The van der Waals surface area contributed by atoms with Crippen LogP contribution in [-0.4, -0.2) is 38.3 Å². The Bertz CT molecular complexity index is 1500. The summed E-state index contributed by atoms with van der Waals surface area (Å²) in [5, 5.41) is 9.98. The van der Waals surface area contributed by atoms with E-state index in [1.165, 1.54) is 6.20 Å². The van der Waals surface area contributed by atoms with Gasteiger partial charge in [-0.15, -0.1) is 0 Å². The highest BCUT2D eigenvalue weighted by Crippen LogP contribution is 2.32. The lowest BCUT2D eigenvalue weighted by atomic mass is 9.85. The van der Waals surface area contributed by atoms with Crippen molar-refractivity contribution in [2.45, 2.75) is 63.7 Å². The van der Waals surface area contributed by atoms with Crippen molar-refractivity contribution in [3.05, 3.63) is 82.3 Å². The van der Waals surface area contributed by atoms with E-state index in [1.807, 2.05) is 42.5 Å². The van der Waals surface area contributed by atoms with Crippen LogP contribution in [0.1, 0.15) is 54.9 Å². The van der Waals surface area contributed by atoms with Gasteiger partial charge in [-0.3, -0.25) is 0 Å². The standard InChI is InChI=1S/C30H29ClFN5O2/c31-22-6-1-19(2-7-22)14-28-34-17-25(32)30(36-28)39-23-8-3-20(4-9-23)15-29-35-26-13-21(16-33)5-10-27(26)37(29)18-24-11-12-38-24/h1-2,5-7,10,13,17,20,23-24H,3-4,8-9,11-12,14-15,18H2/t20?,23?,24-/m0/s1. The molecular formula is C30H29ClFN5O2. The molecule has 2 aliphatic rings. The molecule has 200 valence electrons. The van der Waals surface area contributed by atoms with Crippen molar-refractivity contribution < 1.29 is 13.9 Å². The second kappa shape index (κ2) is 11.3. The average Bonchev–Trinajstić information content (AvgIpc) is 3.26. The molecule has 1 saturated heterocycles. The summed E-state index contributed by atoms with van der Waals surface area (Å²) in [6.07, 6.45) is 7.26. The molecule has 6 rings (SSSR count). The number of halogens is 2. The zero-order chi connectivity index (χ0) is 26.8. The molecule has 0 bridgehead atoms. The minimum absolute atomic E-state index is 0.0213. The van der Waals surface area contributed by atoms with Crippen molar-refractivity contribution in [3.63, 3.8) is 0 Å². The Labute approximate surface area is 231 Å². The maximum Gasteiger partial charge on any atom is 0.254 e. The average molecular weight is 546 g/mol. The molecule has 1 aliphatic heterocycles. The van der Waals surface area contributed by atoms with Crippen LogP contribution in [0, 0.1) is 23.1 Å². The van der Waals surface area contributed by atoms with Crippen LogP contribution in [0.5, 0.6) is 5.88 Å². The highest BCUT2D eigenvalue weighted by atomic mass is 35.5. The molecule has 2 aromatic heterocycles. The van der Waals surface area contributed by atoms with Gasteiger partial charge in [-0.25, -0.2) is 9.97 Å². The van der Waals surface area contributed by atoms with E-state index in [0.717, 1.165) is 74.1 Å². The molecule has 1 atom stereocenters. The van der Waals surface area contributed by atoms with Gasteiger partial charge >= 0.3 is 0 Å². The van der Waals surface area contributed by atoms with Crippen molar-refractivity contribution in [1.82, 2.24) is 19.5 Å². The lowest BCUT2D eigenvalue weighted by molar-refractivity contribution is -0.0590. The van der Waals surface area contributed by atoms with E-state index in [0.29, 0.717) is 28.7 Å². The molecule has 3 heterocycles. The fourth-order valence-corrected chi connectivity index (χ4v) is 5.58. The summed E-state index contributed by atoms with van der Waals surface area (Å²) in [6.45, 7) is 1.59. The lowest BCUT2D eigenvalue weighted by Gasteiger charge is -2.30. The van der Waals surface area contributed by atoms with Crippen LogP contribution in [-0.2, 0) is 24.1 Å². The Morgan fingerprint density at radius 1 is 1.08 bits per heavy atom. The Balaban J connectivity index is 1.10. The molecule has 1 aliphatic carbocycles. The third-order valence-electron chi connectivity index (χ3n) is 7.72. The quantitative estimate of drug-likeness (QED) is 0.268. The first-order valence-electron chi connectivity index (χ1n) is 13.5. The maximum atomic E-state index is 14.5. The Hall–Kier alpha value is -3.54. The summed E-state index contributed by atoms with van der Waals surface area (Å²) in [5.41, 5.74) is 3.51. The topological polar surface area (TPSA) is 85.9 Å². The third-order valence-corrected chi connectivity index (χ3v) is 7.97. The molecule has 0 spiro atoms. The van der Waals surface area contributed by atoms with Gasteiger partial charge in [0.25, 0.3) is 5.88 Å². The maximum absolute atomic E-state index is 14.5. The normalized spacial score (nSPS) is 20.9.